The summed E-state index contributed by atoms with van der Waals surface area (Å²) in [5.74, 6) is 1.19. The van der Waals surface area contributed by atoms with Crippen molar-refractivity contribution in [1.82, 2.24) is 9.62 Å². The maximum atomic E-state index is 12.9. The molecule has 0 radical (unpaired) electrons. The molecule has 1 amide bonds. The third-order valence-corrected chi connectivity index (χ3v) is 7.33. The maximum absolute atomic E-state index is 12.9. The van der Waals surface area contributed by atoms with Crippen LogP contribution in [0.4, 0.5) is 0 Å². The zero-order valence-corrected chi connectivity index (χ0v) is 18.7. The number of amides is 1. The average molecular weight is 445 g/mol. The Morgan fingerprint density at radius 1 is 1.03 bits per heavy atom. The van der Waals surface area contributed by atoms with E-state index in [0.717, 1.165) is 41.7 Å². The highest BCUT2D eigenvalue weighted by Crippen LogP contribution is 2.37. The number of carbonyl (C=O) groups is 1. The Bertz CT molecular complexity index is 1080. The van der Waals surface area contributed by atoms with Crippen molar-refractivity contribution >= 4 is 15.9 Å². The van der Waals surface area contributed by atoms with Crippen LogP contribution in [0.1, 0.15) is 42.0 Å². The second-order valence-electron chi connectivity index (χ2n) is 8.07. The summed E-state index contributed by atoms with van der Waals surface area (Å²) in [6, 6.07) is 10.6. The van der Waals surface area contributed by atoms with Gasteiger partial charge in [-0.15, -0.1) is 0 Å². The van der Waals surface area contributed by atoms with Gasteiger partial charge in [0.25, 0.3) is 0 Å². The number of nitrogens with one attached hydrogen (secondary N) is 1. The summed E-state index contributed by atoms with van der Waals surface area (Å²) in [6.45, 7) is 5.35. The summed E-state index contributed by atoms with van der Waals surface area (Å²) in [5.41, 5.74) is 2.89. The van der Waals surface area contributed by atoms with Gasteiger partial charge in [-0.05, 0) is 67.6 Å². The molecule has 1 fully saturated rings. The van der Waals surface area contributed by atoms with Crippen molar-refractivity contribution in [1.29, 1.82) is 0 Å². The fourth-order valence-electron chi connectivity index (χ4n) is 4.02. The first-order chi connectivity index (χ1) is 14.8. The number of fused-ring (bicyclic) bond motifs is 1. The summed E-state index contributed by atoms with van der Waals surface area (Å²) >= 11 is 0. The van der Waals surface area contributed by atoms with E-state index in [4.69, 9.17) is 9.47 Å². The first-order valence-corrected chi connectivity index (χ1v) is 12.1. The van der Waals surface area contributed by atoms with Gasteiger partial charge in [0.05, 0.1) is 30.7 Å². The Labute approximate surface area is 183 Å². The van der Waals surface area contributed by atoms with Gasteiger partial charge in [0, 0.05) is 13.0 Å². The van der Waals surface area contributed by atoms with Crippen molar-refractivity contribution < 1.29 is 22.7 Å². The van der Waals surface area contributed by atoms with Gasteiger partial charge in [0.2, 0.25) is 15.9 Å². The van der Waals surface area contributed by atoms with Crippen LogP contribution in [0.2, 0.25) is 0 Å². The Morgan fingerprint density at radius 2 is 1.81 bits per heavy atom. The van der Waals surface area contributed by atoms with Crippen LogP contribution in [0.5, 0.6) is 11.5 Å². The standard InChI is InChI=1S/C23H28N2O5S/c1-16-6-8-19(13-17(16)2)31(27,28)24-15-23(26)25-10-3-5-20(25)18-7-9-21-22(14-18)30-12-4-11-29-21/h6-9,13-14,20,24H,3-5,10-12,15H2,1-2H3. The van der Waals surface area contributed by atoms with Crippen molar-refractivity contribution in [3.05, 3.63) is 53.1 Å². The predicted octanol–water partition coefficient (Wildman–Crippen LogP) is 3.11. The van der Waals surface area contributed by atoms with Crippen molar-refractivity contribution in [2.45, 2.75) is 44.0 Å². The van der Waals surface area contributed by atoms with Crippen molar-refractivity contribution in [2.24, 2.45) is 0 Å². The number of rotatable bonds is 5. The highest BCUT2D eigenvalue weighted by atomic mass is 32.2. The van der Waals surface area contributed by atoms with E-state index in [-0.39, 0.29) is 23.4 Å². The maximum Gasteiger partial charge on any atom is 0.241 e. The zero-order valence-electron chi connectivity index (χ0n) is 17.9. The summed E-state index contributed by atoms with van der Waals surface area (Å²) in [7, 11) is -3.76. The fraction of sp³-hybridized carbons (Fsp3) is 0.435. The molecule has 0 aromatic heterocycles. The van der Waals surface area contributed by atoms with Gasteiger partial charge in [0.1, 0.15) is 0 Å². The lowest BCUT2D eigenvalue weighted by molar-refractivity contribution is -0.130. The molecule has 0 spiro atoms. The number of hydrogen-bond donors (Lipinski definition) is 1. The van der Waals surface area contributed by atoms with E-state index >= 15 is 0 Å². The molecule has 0 aliphatic carbocycles. The average Bonchev–Trinajstić information content (AvgIpc) is 3.12. The third-order valence-electron chi connectivity index (χ3n) is 5.93. The van der Waals surface area contributed by atoms with Crippen molar-refractivity contribution in [3.8, 4) is 11.5 Å². The monoisotopic (exact) mass is 444 g/mol. The van der Waals surface area contributed by atoms with Gasteiger partial charge >= 0.3 is 0 Å². The molecule has 0 saturated carbocycles. The Hall–Kier alpha value is -2.58. The van der Waals surface area contributed by atoms with Crippen molar-refractivity contribution in [3.63, 3.8) is 0 Å². The second kappa shape index (κ2) is 8.88. The van der Waals surface area contributed by atoms with Gasteiger partial charge in [-0.3, -0.25) is 4.79 Å². The first kappa shape index (κ1) is 21.6. The van der Waals surface area contributed by atoms with E-state index in [1.54, 1.807) is 23.1 Å². The molecule has 2 aromatic carbocycles. The highest BCUT2D eigenvalue weighted by Gasteiger charge is 2.31. The molecule has 31 heavy (non-hydrogen) atoms. The summed E-state index contributed by atoms with van der Waals surface area (Å²) in [5, 5.41) is 0. The normalized spacial score (nSPS) is 18.6. The molecule has 4 rings (SSSR count). The summed E-state index contributed by atoms with van der Waals surface area (Å²) < 4.78 is 39.2. The lowest BCUT2D eigenvalue weighted by Crippen LogP contribution is -2.39. The molecule has 2 aliphatic heterocycles. The van der Waals surface area contributed by atoms with Crippen LogP contribution in [0.25, 0.3) is 0 Å². The third kappa shape index (κ3) is 4.70. The van der Waals surface area contributed by atoms with Gasteiger partial charge in [-0.25, -0.2) is 13.1 Å². The number of hydrogen-bond acceptors (Lipinski definition) is 5. The fourth-order valence-corrected chi connectivity index (χ4v) is 5.08. The van der Waals surface area contributed by atoms with E-state index in [0.29, 0.717) is 25.5 Å². The number of aryl methyl sites for hydroxylation is 2. The molecular weight excluding hydrogens is 416 g/mol. The molecule has 2 heterocycles. The lowest BCUT2D eigenvalue weighted by Gasteiger charge is -2.26. The molecule has 2 aromatic rings. The van der Waals surface area contributed by atoms with Crippen LogP contribution in [0, 0.1) is 13.8 Å². The molecule has 1 atom stereocenters. The molecule has 0 bridgehead atoms. The number of ether oxygens (including phenoxy) is 2. The molecule has 1 unspecified atom stereocenters. The van der Waals surface area contributed by atoms with Gasteiger partial charge in [-0.2, -0.15) is 0 Å². The number of benzene rings is 2. The van der Waals surface area contributed by atoms with Gasteiger partial charge in [-0.1, -0.05) is 12.1 Å². The molecule has 1 N–H and O–H groups in total. The number of sulfonamides is 1. The Kier molecular flexibility index (Phi) is 6.20. The first-order valence-electron chi connectivity index (χ1n) is 10.6. The van der Waals surface area contributed by atoms with Crippen LogP contribution >= 0.6 is 0 Å². The summed E-state index contributed by atoms with van der Waals surface area (Å²) in [6.07, 6.45) is 2.53. The quantitative estimate of drug-likeness (QED) is 0.766. The van der Waals surface area contributed by atoms with Crippen LogP contribution in [0.15, 0.2) is 41.3 Å². The molecule has 7 nitrogen and oxygen atoms in total. The van der Waals surface area contributed by atoms with E-state index in [2.05, 4.69) is 4.72 Å². The minimum atomic E-state index is -3.76. The largest absolute Gasteiger partial charge is 0.490 e. The van der Waals surface area contributed by atoms with E-state index in [9.17, 15) is 13.2 Å². The molecule has 166 valence electrons. The summed E-state index contributed by atoms with van der Waals surface area (Å²) in [4.78, 5) is 14.8. The SMILES string of the molecule is Cc1ccc(S(=O)(=O)NCC(=O)N2CCCC2c2ccc3c(c2)OCCCO3)cc1C. The van der Waals surface area contributed by atoms with Crippen LogP contribution in [0.3, 0.4) is 0 Å². The minimum absolute atomic E-state index is 0.101. The topological polar surface area (TPSA) is 84.9 Å². The number of carbonyl (C=O) groups excluding carboxylic acids is 1. The van der Waals surface area contributed by atoms with Crippen molar-refractivity contribution in [2.75, 3.05) is 26.3 Å². The smallest absolute Gasteiger partial charge is 0.241 e. The molecule has 2 aliphatic rings. The van der Waals surface area contributed by atoms with Gasteiger partial charge in [0.15, 0.2) is 11.5 Å². The zero-order chi connectivity index (χ0) is 22.0. The van der Waals surface area contributed by atoms with Crippen LogP contribution in [-0.2, 0) is 14.8 Å². The molecule has 1 saturated heterocycles. The highest BCUT2D eigenvalue weighted by molar-refractivity contribution is 7.89. The number of likely N-dealkylation sites (tertiary alicyclic amines) is 1. The van der Waals surface area contributed by atoms with E-state index in [1.165, 1.54) is 0 Å². The van der Waals surface area contributed by atoms with E-state index < -0.39 is 10.0 Å². The van der Waals surface area contributed by atoms with Crippen LogP contribution in [-0.4, -0.2) is 45.5 Å². The lowest BCUT2D eigenvalue weighted by atomic mass is 10.0. The second-order valence-corrected chi connectivity index (χ2v) is 9.84. The van der Waals surface area contributed by atoms with E-state index in [1.807, 2.05) is 32.0 Å². The molecular formula is C23H28N2O5S. The van der Waals surface area contributed by atoms with Crippen LogP contribution < -0.4 is 14.2 Å². The Balaban J connectivity index is 1.46. The Morgan fingerprint density at radius 3 is 2.58 bits per heavy atom. The minimum Gasteiger partial charge on any atom is -0.490 e. The number of nitrogens with zero attached hydrogens (tertiary/aromatic N) is 1. The predicted molar refractivity (Wildman–Crippen MR) is 117 cm³/mol. The van der Waals surface area contributed by atoms with Gasteiger partial charge < -0.3 is 14.4 Å². The molecule has 8 heteroatoms.